The van der Waals surface area contributed by atoms with Crippen LogP contribution in [0.1, 0.15) is 10.0 Å². The lowest BCUT2D eigenvalue weighted by Gasteiger charge is -2.22. The number of rotatable bonds is 3. The quantitative estimate of drug-likeness (QED) is 0.460. The summed E-state index contributed by atoms with van der Waals surface area (Å²) in [7, 11) is 7.98. The van der Waals surface area contributed by atoms with Gasteiger partial charge in [-0.1, -0.05) is 0 Å². The lowest BCUT2D eigenvalue weighted by molar-refractivity contribution is 0.479. The van der Waals surface area contributed by atoms with E-state index in [0.717, 1.165) is 28.9 Å². The van der Waals surface area contributed by atoms with Gasteiger partial charge in [-0.15, -0.1) is 45.5 Å². The molecular weight excluding hydrogens is 349 g/mol. The molecule has 1 rings (SSSR count). The summed E-state index contributed by atoms with van der Waals surface area (Å²) in [4.78, 5) is 8.55. The predicted octanol–water partition coefficient (Wildman–Crippen LogP) is 1.49. The molecule has 7 heteroatoms. The summed E-state index contributed by atoms with van der Waals surface area (Å²) < 4.78 is 0. The fraction of sp³-hybridized carbons (Fsp3) is 0.700. The van der Waals surface area contributed by atoms with Gasteiger partial charge in [-0.3, -0.25) is 4.99 Å². The Morgan fingerprint density at radius 3 is 2.18 bits per heavy atom. The molecule has 0 aliphatic carbocycles. The lowest BCUT2D eigenvalue weighted by Crippen LogP contribution is -2.35. The summed E-state index contributed by atoms with van der Waals surface area (Å²) in [5, 5.41) is 10.1. The second-order valence-electron chi connectivity index (χ2n) is 3.94. The third-order valence-electron chi connectivity index (χ3n) is 1.95. The van der Waals surface area contributed by atoms with Crippen LogP contribution in [0.5, 0.6) is 0 Å². The molecular formula is C10H20IN5S. The van der Waals surface area contributed by atoms with Crippen LogP contribution in [-0.2, 0) is 6.42 Å². The Kier molecular flexibility index (Phi) is 7.60. The average molecular weight is 369 g/mol. The molecule has 0 amide bonds. The van der Waals surface area contributed by atoms with Gasteiger partial charge in [-0.25, -0.2) is 0 Å². The number of aliphatic imine (C=N–C) groups is 1. The van der Waals surface area contributed by atoms with Crippen molar-refractivity contribution in [3.05, 3.63) is 10.0 Å². The summed E-state index contributed by atoms with van der Waals surface area (Å²) in [5.74, 6) is 0.973. The van der Waals surface area contributed by atoms with Gasteiger partial charge in [-0.2, -0.15) is 0 Å². The summed E-state index contributed by atoms with van der Waals surface area (Å²) >= 11 is 1.64. The molecule has 98 valence electrons. The van der Waals surface area contributed by atoms with Gasteiger partial charge < -0.3 is 9.80 Å². The molecule has 0 atom stereocenters. The summed E-state index contributed by atoms with van der Waals surface area (Å²) in [5.41, 5.74) is 0. The van der Waals surface area contributed by atoms with E-state index < -0.39 is 0 Å². The summed E-state index contributed by atoms with van der Waals surface area (Å²) in [6.07, 6.45) is 0.858. The van der Waals surface area contributed by atoms with Crippen LogP contribution in [-0.4, -0.2) is 60.7 Å². The highest BCUT2D eigenvalue weighted by Gasteiger charge is 2.04. The zero-order valence-electron chi connectivity index (χ0n) is 11.0. The van der Waals surface area contributed by atoms with Gasteiger partial charge in [0.2, 0.25) is 0 Å². The van der Waals surface area contributed by atoms with Crippen LogP contribution < -0.4 is 0 Å². The SMILES string of the molecule is Cc1nnc(CCN=C(N(C)C)N(C)C)s1.I. The first-order valence-electron chi connectivity index (χ1n) is 5.18. The Hall–Kier alpha value is -0.440. The molecule has 0 fully saturated rings. The third-order valence-corrected chi connectivity index (χ3v) is 2.85. The van der Waals surface area contributed by atoms with E-state index in [1.54, 1.807) is 11.3 Å². The van der Waals surface area contributed by atoms with Crippen LogP contribution in [0, 0.1) is 6.92 Å². The minimum Gasteiger partial charge on any atom is -0.349 e. The monoisotopic (exact) mass is 369 g/mol. The first-order valence-corrected chi connectivity index (χ1v) is 6.00. The Bertz CT molecular complexity index is 351. The molecule has 0 saturated carbocycles. The van der Waals surface area contributed by atoms with Gasteiger partial charge in [0.05, 0.1) is 0 Å². The highest BCUT2D eigenvalue weighted by Crippen LogP contribution is 2.08. The maximum atomic E-state index is 4.53. The number of hydrogen-bond donors (Lipinski definition) is 0. The molecule has 0 N–H and O–H groups in total. The average Bonchev–Trinajstić information content (AvgIpc) is 2.57. The lowest BCUT2D eigenvalue weighted by atomic mass is 10.4. The second-order valence-corrected chi connectivity index (χ2v) is 5.20. The van der Waals surface area contributed by atoms with E-state index in [0.29, 0.717) is 0 Å². The Morgan fingerprint density at radius 2 is 1.76 bits per heavy atom. The van der Waals surface area contributed by atoms with E-state index in [4.69, 9.17) is 0 Å². The molecule has 0 aliphatic rings. The fourth-order valence-corrected chi connectivity index (χ4v) is 2.07. The van der Waals surface area contributed by atoms with E-state index >= 15 is 0 Å². The number of aryl methyl sites for hydroxylation is 1. The molecule has 0 unspecified atom stereocenters. The van der Waals surface area contributed by atoms with Crippen molar-refractivity contribution in [2.24, 2.45) is 4.99 Å². The molecule has 5 nitrogen and oxygen atoms in total. The Labute approximate surface area is 124 Å². The highest BCUT2D eigenvalue weighted by atomic mass is 127. The Morgan fingerprint density at radius 1 is 1.18 bits per heavy atom. The molecule has 1 aromatic rings. The van der Waals surface area contributed by atoms with Gasteiger partial charge in [0.25, 0.3) is 0 Å². The van der Waals surface area contributed by atoms with Crippen LogP contribution in [0.2, 0.25) is 0 Å². The van der Waals surface area contributed by atoms with Gasteiger partial charge in [-0.05, 0) is 6.92 Å². The molecule has 1 heterocycles. The fourth-order valence-electron chi connectivity index (χ4n) is 1.37. The maximum Gasteiger partial charge on any atom is 0.195 e. The normalized spacial score (nSPS) is 9.47. The van der Waals surface area contributed by atoms with Gasteiger partial charge in [0.1, 0.15) is 10.0 Å². The van der Waals surface area contributed by atoms with Crippen molar-refractivity contribution in [3.8, 4) is 0 Å². The van der Waals surface area contributed by atoms with E-state index in [2.05, 4.69) is 15.2 Å². The van der Waals surface area contributed by atoms with Gasteiger partial charge in [0, 0.05) is 41.2 Å². The molecule has 17 heavy (non-hydrogen) atoms. The molecule has 0 saturated heterocycles. The van der Waals surface area contributed by atoms with Crippen LogP contribution in [0.3, 0.4) is 0 Å². The molecule has 0 aliphatic heterocycles. The molecule has 0 bridgehead atoms. The van der Waals surface area contributed by atoms with Crippen molar-refractivity contribution in [2.45, 2.75) is 13.3 Å². The molecule has 0 radical (unpaired) electrons. The topological polar surface area (TPSA) is 44.6 Å². The molecule has 0 spiro atoms. The first-order chi connectivity index (χ1) is 7.50. The van der Waals surface area contributed by atoms with Crippen molar-refractivity contribution in [1.29, 1.82) is 0 Å². The van der Waals surface area contributed by atoms with Crippen molar-refractivity contribution < 1.29 is 0 Å². The van der Waals surface area contributed by atoms with Gasteiger partial charge in [0.15, 0.2) is 5.96 Å². The van der Waals surface area contributed by atoms with Crippen molar-refractivity contribution in [2.75, 3.05) is 34.7 Å². The zero-order valence-corrected chi connectivity index (χ0v) is 14.1. The minimum absolute atomic E-state index is 0. The zero-order chi connectivity index (χ0) is 12.1. The number of nitrogens with zero attached hydrogens (tertiary/aromatic N) is 5. The van der Waals surface area contributed by atoms with Gasteiger partial charge >= 0.3 is 0 Å². The summed E-state index contributed by atoms with van der Waals surface area (Å²) in [6.45, 7) is 2.72. The maximum absolute atomic E-state index is 4.53. The largest absolute Gasteiger partial charge is 0.349 e. The van der Waals surface area contributed by atoms with Crippen LogP contribution in [0.25, 0.3) is 0 Å². The Balaban J connectivity index is 0.00000256. The third kappa shape index (κ3) is 5.62. The van der Waals surface area contributed by atoms with Crippen LogP contribution in [0.15, 0.2) is 4.99 Å². The predicted molar refractivity (Wildman–Crippen MR) is 83.4 cm³/mol. The smallest absolute Gasteiger partial charge is 0.195 e. The number of guanidine groups is 1. The van der Waals surface area contributed by atoms with E-state index in [9.17, 15) is 0 Å². The van der Waals surface area contributed by atoms with Crippen molar-refractivity contribution in [3.63, 3.8) is 0 Å². The van der Waals surface area contributed by atoms with Crippen molar-refractivity contribution >= 4 is 41.3 Å². The molecule has 1 aromatic heterocycles. The number of aromatic nitrogens is 2. The van der Waals surface area contributed by atoms with E-state index in [1.807, 2.05) is 44.9 Å². The van der Waals surface area contributed by atoms with E-state index in [1.165, 1.54) is 0 Å². The number of hydrogen-bond acceptors (Lipinski definition) is 4. The highest BCUT2D eigenvalue weighted by molar-refractivity contribution is 14.0. The number of halogens is 1. The first kappa shape index (κ1) is 16.6. The van der Waals surface area contributed by atoms with Crippen LogP contribution >= 0.6 is 35.3 Å². The van der Waals surface area contributed by atoms with Crippen LogP contribution in [0.4, 0.5) is 0 Å². The standard InChI is InChI=1S/C10H19N5S.HI/c1-8-12-13-9(16-8)6-7-11-10(14(2)3)15(4)5;/h6-7H2,1-5H3;1H. The minimum atomic E-state index is 0. The van der Waals surface area contributed by atoms with Crippen molar-refractivity contribution in [1.82, 2.24) is 20.0 Å². The van der Waals surface area contributed by atoms with E-state index in [-0.39, 0.29) is 24.0 Å². The molecule has 0 aromatic carbocycles. The summed E-state index contributed by atoms with van der Waals surface area (Å²) in [6, 6.07) is 0. The second kappa shape index (κ2) is 7.80.